The van der Waals surface area contributed by atoms with Crippen LogP contribution in [0.4, 0.5) is 0 Å². The summed E-state index contributed by atoms with van der Waals surface area (Å²) in [5, 5.41) is 17.2. The molecule has 0 radical (unpaired) electrons. The summed E-state index contributed by atoms with van der Waals surface area (Å²) in [7, 11) is 0. The van der Waals surface area contributed by atoms with Crippen molar-refractivity contribution < 1.29 is 9.90 Å². The molecule has 0 bridgehead atoms. The zero-order valence-corrected chi connectivity index (χ0v) is 19.5. The SMILES string of the molecule is Cc1ccc(/C=C/CCNC(=O)c2ccccc2CNCCc2c[nH]c3cc(O)ccc23)cc1. The number of nitrogens with one attached hydrogen (secondary N) is 3. The number of phenols is 1. The maximum atomic E-state index is 12.7. The number of H-pyrrole nitrogens is 1. The first kappa shape index (κ1) is 23.3. The molecule has 4 rings (SSSR count). The van der Waals surface area contributed by atoms with Crippen LogP contribution in [-0.2, 0) is 13.0 Å². The molecule has 0 aliphatic rings. The number of hydrogen-bond acceptors (Lipinski definition) is 3. The molecule has 0 saturated carbocycles. The predicted octanol–water partition coefficient (Wildman–Crippen LogP) is 5.35. The average molecular weight is 454 g/mol. The number of carbonyl (C=O) groups is 1. The average Bonchev–Trinajstić information content (AvgIpc) is 3.24. The highest BCUT2D eigenvalue weighted by molar-refractivity contribution is 5.95. The lowest BCUT2D eigenvalue weighted by Gasteiger charge is -2.11. The number of aromatic hydroxyl groups is 1. The number of aromatic nitrogens is 1. The summed E-state index contributed by atoms with van der Waals surface area (Å²) in [6.45, 7) is 4.08. The Labute approximate surface area is 200 Å². The van der Waals surface area contributed by atoms with Gasteiger partial charge in [0.2, 0.25) is 0 Å². The van der Waals surface area contributed by atoms with Crippen LogP contribution in [0.25, 0.3) is 17.0 Å². The van der Waals surface area contributed by atoms with E-state index in [0.29, 0.717) is 18.7 Å². The van der Waals surface area contributed by atoms with Crippen molar-refractivity contribution in [2.75, 3.05) is 13.1 Å². The standard InChI is InChI=1S/C29H31N3O2/c1-21-9-11-22(12-10-21)6-4-5-16-31-29(34)27-8-3-2-7-23(27)19-30-17-15-24-20-32-28-18-25(33)13-14-26(24)28/h2-4,6-14,18,20,30,32-33H,5,15-17,19H2,1H3,(H,31,34)/b6-4+. The van der Waals surface area contributed by atoms with E-state index >= 15 is 0 Å². The highest BCUT2D eigenvalue weighted by Crippen LogP contribution is 2.22. The van der Waals surface area contributed by atoms with Crippen LogP contribution >= 0.6 is 0 Å². The van der Waals surface area contributed by atoms with E-state index in [1.165, 1.54) is 16.7 Å². The van der Waals surface area contributed by atoms with Gasteiger partial charge in [-0.15, -0.1) is 0 Å². The van der Waals surface area contributed by atoms with Gasteiger partial charge in [0, 0.05) is 41.8 Å². The second-order valence-corrected chi connectivity index (χ2v) is 8.49. The molecule has 0 atom stereocenters. The van der Waals surface area contributed by atoms with Crippen LogP contribution in [0.1, 0.15) is 39.0 Å². The maximum absolute atomic E-state index is 12.7. The summed E-state index contributed by atoms with van der Waals surface area (Å²) in [4.78, 5) is 15.9. The van der Waals surface area contributed by atoms with Crippen LogP contribution in [-0.4, -0.2) is 29.1 Å². The summed E-state index contributed by atoms with van der Waals surface area (Å²) < 4.78 is 0. The van der Waals surface area contributed by atoms with E-state index in [9.17, 15) is 9.90 Å². The maximum Gasteiger partial charge on any atom is 0.251 e. The minimum Gasteiger partial charge on any atom is -0.508 e. The monoisotopic (exact) mass is 453 g/mol. The summed E-state index contributed by atoms with van der Waals surface area (Å²) >= 11 is 0. The van der Waals surface area contributed by atoms with Crippen molar-refractivity contribution in [1.82, 2.24) is 15.6 Å². The van der Waals surface area contributed by atoms with Gasteiger partial charge >= 0.3 is 0 Å². The highest BCUT2D eigenvalue weighted by Gasteiger charge is 2.10. The fourth-order valence-electron chi connectivity index (χ4n) is 3.98. The Morgan fingerprint density at radius 3 is 2.68 bits per heavy atom. The molecule has 4 aromatic rings. The molecule has 0 fully saturated rings. The van der Waals surface area contributed by atoms with E-state index in [0.717, 1.165) is 35.9 Å². The summed E-state index contributed by atoms with van der Waals surface area (Å²) in [5.41, 5.74) is 6.24. The largest absolute Gasteiger partial charge is 0.508 e. The molecule has 0 unspecified atom stereocenters. The second-order valence-electron chi connectivity index (χ2n) is 8.49. The van der Waals surface area contributed by atoms with E-state index in [2.05, 4.69) is 59.0 Å². The number of rotatable bonds is 10. The highest BCUT2D eigenvalue weighted by atomic mass is 16.3. The molecule has 0 aliphatic heterocycles. The van der Waals surface area contributed by atoms with E-state index in [1.54, 1.807) is 12.1 Å². The summed E-state index contributed by atoms with van der Waals surface area (Å²) in [5.74, 6) is 0.216. The Bertz CT molecular complexity index is 1270. The lowest BCUT2D eigenvalue weighted by molar-refractivity contribution is 0.0953. The van der Waals surface area contributed by atoms with Gasteiger partial charge in [-0.1, -0.05) is 60.2 Å². The van der Waals surface area contributed by atoms with Crippen LogP contribution in [0.5, 0.6) is 5.75 Å². The van der Waals surface area contributed by atoms with Gasteiger partial charge < -0.3 is 20.7 Å². The normalized spacial score (nSPS) is 11.3. The number of amides is 1. The molecular weight excluding hydrogens is 422 g/mol. The number of phenolic OH excluding ortho intramolecular Hbond substituents is 1. The van der Waals surface area contributed by atoms with Crippen LogP contribution in [0.15, 0.2) is 79.0 Å². The van der Waals surface area contributed by atoms with Crippen LogP contribution in [0.2, 0.25) is 0 Å². The van der Waals surface area contributed by atoms with Gasteiger partial charge in [-0.2, -0.15) is 0 Å². The van der Waals surface area contributed by atoms with Crippen molar-refractivity contribution in [2.24, 2.45) is 0 Å². The van der Waals surface area contributed by atoms with Crippen LogP contribution in [0, 0.1) is 6.92 Å². The van der Waals surface area contributed by atoms with E-state index in [4.69, 9.17) is 0 Å². The van der Waals surface area contributed by atoms with Gasteiger partial charge in [0.25, 0.3) is 5.91 Å². The van der Waals surface area contributed by atoms with Gasteiger partial charge in [0.1, 0.15) is 5.75 Å². The van der Waals surface area contributed by atoms with Gasteiger partial charge in [0.05, 0.1) is 0 Å². The van der Waals surface area contributed by atoms with Crippen molar-refractivity contribution in [3.63, 3.8) is 0 Å². The number of fused-ring (bicyclic) bond motifs is 1. The van der Waals surface area contributed by atoms with Crippen LogP contribution < -0.4 is 10.6 Å². The minimum atomic E-state index is -0.0439. The molecular formula is C29H31N3O2. The lowest BCUT2D eigenvalue weighted by Crippen LogP contribution is -2.26. The Kier molecular flexibility index (Phi) is 7.79. The number of aromatic amines is 1. The molecule has 0 spiro atoms. The Morgan fingerprint density at radius 2 is 1.82 bits per heavy atom. The topological polar surface area (TPSA) is 77.2 Å². The fourth-order valence-corrected chi connectivity index (χ4v) is 3.98. The zero-order valence-electron chi connectivity index (χ0n) is 19.5. The summed E-state index contributed by atoms with van der Waals surface area (Å²) in [6, 6.07) is 21.5. The first-order valence-electron chi connectivity index (χ1n) is 11.7. The third kappa shape index (κ3) is 6.15. The van der Waals surface area contributed by atoms with Crippen molar-refractivity contribution in [2.45, 2.75) is 26.3 Å². The van der Waals surface area contributed by atoms with Crippen molar-refractivity contribution in [3.8, 4) is 5.75 Å². The smallest absolute Gasteiger partial charge is 0.251 e. The van der Waals surface area contributed by atoms with E-state index in [-0.39, 0.29) is 11.7 Å². The van der Waals surface area contributed by atoms with Gasteiger partial charge in [0.15, 0.2) is 0 Å². The Balaban J connectivity index is 1.24. The van der Waals surface area contributed by atoms with Gasteiger partial charge in [-0.25, -0.2) is 0 Å². The van der Waals surface area contributed by atoms with Crippen LogP contribution in [0.3, 0.4) is 0 Å². The second kappa shape index (κ2) is 11.3. The van der Waals surface area contributed by atoms with E-state index < -0.39 is 0 Å². The first-order chi connectivity index (χ1) is 16.6. The number of hydrogen-bond donors (Lipinski definition) is 4. The number of benzene rings is 3. The summed E-state index contributed by atoms with van der Waals surface area (Å²) in [6.07, 6.45) is 7.79. The molecule has 5 heteroatoms. The molecule has 4 N–H and O–H groups in total. The van der Waals surface area contributed by atoms with E-state index in [1.807, 2.05) is 36.5 Å². The molecule has 0 aliphatic carbocycles. The number of carbonyl (C=O) groups excluding carboxylic acids is 1. The third-order valence-corrected chi connectivity index (χ3v) is 5.88. The quantitative estimate of drug-likeness (QED) is 0.245. The minimum absolute atomic E-state index is 0.0439. The van der Waals surface area contributed by atoms with Crippen molar-refractivity contribution in [3.05, 3.63) is 107 Å². The predicted molar refractivity (Wildman–Crippen MR) is 139 cm³/mol. The zero-order chi connectivity index (χ0) is 23.8. The third-order valence-electron chi connectivity index (χ3n) is 5.88. The molecule has 0 saturated heterocycles. The molecule has 34 heavy (non-hydrogen) atoms. The Morgan fingerprint density at radius 1 is 1.00 bits per heavy atom. The molecule has 1 aromatic heterocycles. The molecule has 3 aromatic carbocycles. The Hall–Kier alpha value is -3.83. The molecule has 174 valence electrons. The first-order valence-corrected chi connectivity index (χ1v) is 11.7. The lowest BCUT2D eigenvalue weighted by atomic mass is 10.1. The van der Waals surface area contributed by atoms with Crippen molar-refractivity contribution >= 4 is 22.9 Å². The van der Waals surface area contributed by atoms with Crippen molar-refractivity contribution in [1.29, 1.82) is 0 Å². The number of aryl methyl sites for hydroxylation is 1. The molecule has 5 nitrogen and oxygen atoms in total. The molecule has 1 heterocycles. The fraction of sp³-hybridized carbons (Fsp3) is 0.207. The van der Waals surface area contributed by atoms with Gasteiger partial charge in [-0.3, -0.25) is 4.79 Å². The molecule has 1 amide bonds. The van der Waals surface area contributed by atoms with Gasteiger partial charge in [-0.05, 0) is 61.2 Å².